The first-order chi connectivity index (χ1) is 51.6. The molecule has 0 unspecified atom stereocenters. The van der Waals surface area contributed by atoms with Gasteiger partial charge in [0.2, 0.25) is 0 Å². The molecule has 6 nitrogen and oxygen atoms in total. The number of hydrogen-bond donors (Lipinski definition) is 1. The quantitative estimate of drug-likeness (QED) is 0.0351. The van der Waals surface area contributed by atoms with Crippen LogP contribution >= 0.6 is 0 Å². The summed E-state index contributed by atoms with van der Waals surface area (Å²) < 4.78 is 34.4. The third-order valence-electron chi connectivity index (χ3n) is 22.9. The first-order valence-electron chi connectivity index (χ1n) is 46.9. The van der Waals surface area contributed by atoms with E-state index in [4.69, 9.17) is 23.7 Å². The minimum atomic E-state index is 0.189. The summed E-state index contributed by atoms with van der Waals surface area (Å²) >= 11 is 0. The Morgan fingerprint density at radius 1 is 0.154 bits per heavy atom. The molecule has 0 saturated carbocycles. The number of hydrogen-bond acceptors (Lipinski definition) is 6. The summed E-state index contributed by atoms with van der Waals surface area (Å²) in [5.74, 6) is 4.01. The van der Waals surface area contributed by atoms with Crippen molar-refractivity contribution in [3.63, 3.8) is 0 Å². The molecule has 0 aliphatic carbocycles. The van der Waals surface area contributed by atoms with Crippen LogP contribution in [0.2, 0.25) is 0 Å². The minimum absolute atomic E-state index is 0.189. The Morgan fingerprint density at radius 3 is 0.423 bits per heavy atom. The molecule has 0 fully saturated rings. The van der Waals surface area contributed by atoms with Crippen molar-refractivity contribution in [2.75, 3.05) is 33.0 Å². The van der Waals surface area contributed by atoms with E-state index >= 15 is 0 Å². The van der Waals surface area contributed by atoms with Crippen molar-refractivity contribution in [3.05, 3.63) is 36.4 Å². The van der Waals surface area contributed by atoms with E-state index in [-0.39, 0.29) is 5.75 Å². The van der Waals surface area contributed by atoms with Gasteiger partial charge in [-0.05, 0) is 101 Å². The van der Waals surface area contributed by atoms with Gasteiger partial charge in [0.05, 0.1) is 33.0 Å². The lowest BCUT2D eigenvalue weighted by atomic mass is 9.93. The summed E-state index contributed by atoms with van der Waals surface area (Å²) in [5.41, 5.74) is 0. The van der Waals surface area contributed by atoms with Crippen molar-refractivity contribution in [2.24, 2.45) is 0 Å². The SMILES string of the molecule is CCCCCCCCCCCCCCCCOc1cc2c(cc1O)c1cc(OCCCCCCCCCCCCCCCC)c(OCCCCCCCCCCCCCCCC)cc1c1cc(OCCCCCCCCCCCCCCCC)c(OCCCCCCCCCCCCCCCC)cc21. The van der Waals surface area contributed by atoms with E-state index in [2.05, 4.69) is 65.0 Å². The highest BCUT2D eigenvalue weighted by Crippen LogP contribution is 2.47. The molecule has 600 valence electrons. The zero-order valence-electron chi connectivity index (χ0n) is 70.0. The normalized spacial score (nSPS) is 11.7. The highest BCUT2D eigenvalue weighted by Gasteiger charge is 2.21. The first-order valence-corrected chi connectivity index (χ1v) is 46.9. The fourth-order valence-corrected chi connectivity index (χ4v) is 16.0. The second-order valence-electron chi connectivity index (χ2n) is 32.8. The van der Waals surface area contributed by atoms with Crippen molar-refractivity contribution in [1.29, 1.82) is 0 Å². The van der Waals surface area contributed by atoms with E-state index in [0.29, 0.717) is 38.8 Å². The molecule has 104 heavy (non-hydrogen) atoms. The molecule has 4 rings (SSSR count). The molecule has 0 amide bonds. The molecule has 0 atom stereocenters. The molecule has 0 saturated heterocycles. The largest absolute Gasteiger partial charge is 0.504 e. The van der Waals surface area contributed by atoms with Crippen LogP contribution in [0.5, 0.6) is 34.5 Å². The van der Waals surface area contributed by atoms with E-state index in [1.54, 1.807) is 0 Å². The van der Waals surface area contributed by atoms with Gasteiger partial charge >= 0.3 is 0 Å². The average Bonchev–Trinajstić information content (AvgIpc) is 0.729. The summed E-state index contributed by atoms with van der Waals surface area (Å²) in [4.78, 5) is 0. The van der Waals surface area contributed by atoms with Gasteiger partial charge in [-0.1, -0.05) is 452 Å². The van der Waals surface area contributed by atoms with Crippen LogP contribution in [-0.2, 0) is 0 Å². The van der Waals surface area contributed by atoms with Crippen molar-refractivity contribution >= 4 is 32.3 Å². The van der Waals surface area contributed by atoms with E-state index in [1.165, 1.54) is 411 Å². The van der Waals surface area contributed by atoms with E-state index in [0.717, 1.165) is 93.8 Å². The molecule has 1 N–H and O–H groups in total. The average molecular weight is 1450 g/mol. The standard InChI is InChI=1S/C98H172O6/c1-6-11-16-21-26-31-36-41-46-51-56-61-66-71-76-100-94-82-88-87(81-93(94)99)89-83-95(101-77-72-67-62-57-52-47-42-37-32-27-22-17-12-7-2)97(103-79-74-69-64-59-54-49-44-39-34-29-24-19-14-9-4)85-91(89)92-86-98(104-80-75-70-65-60-55-50-45-40-35-30-25-20-15-10-5)96(84-90(88)92)102-78-73-68-63-58-53-48-43-38-33-28-23-18-13-8-3/h81-86,99H,6-80H2,1-5H3. The zero-order chi connectivity index (χ0) is 73.7. The van der Waals surface area contributed by atoms with Crippen LogP contribution < -0.4 is 23.7 Å². The maximum absolute atomic E-state index is 12.1. The topological polar surface area (TPSA) is 66.4 Å². The minimum Gasteiger partial charge on any atom is -0.504 e. The number of ether oxygens (including phenoxy) is 5. The van der Waals surface area contributed by atoms with E-state index in [1.807, 2.05) is 6.07 Å². The summed E-state index contributed by atoms with van der Waals surface area (Å²) in [5, 5.41) is 18.4. The number of benzene rings is 4. The molecular weight excluding hydrogens is 1270 g/mol. The van der Waals surface area contributed by atoms with Gasteiger partial charge in [-0.3, -0.25) is 0 Å². The van der Waals surface area contributed by atoms with Gasteiger partial charge < -0.3 is 28.8 Å². The molecule has 0 radical (unpaired) electrons. The molecule has 0 aliphatic rings. The molecule has 6 heteroatoms. The highest BCUT2D eigenvalue weighted by molar-refractivity contribution is 6.26. The van der Waals surface area contributed by atoms with Gasteiger partial charge in [0.1, 0.15) is 0 Å². The third-order valence-corrected chi connectivity index (χ3v) is 22.9. The Morgan fingerprint density at radius 2 is 0.269 bits per heavy atom. The fraction of sp³-hybridized carbons (Fsp3) is 0.816. The number of rotatable bonds is 80. The Labute approximate surface area is 645 Å². The van der Waals surface area contributed by atoms with Crippen LogP contribution in [0.15, 0.2) is 36.4 Å². The second kappa shape index (κ2) is 68.7. The molecule has 0 aliphatic heterocycles. The lowest BCUT2D eigenvalue weighted by Crippen LogP contribution is -2.04. The lowest BCUT2D eigenvalue weighted by molar-refractivity contribution is 0.258. The van der Waals surface area contributed by atoms with Gasteiger partial charge in [0, 0.05) is 0 Å². The highest BCUT2D eigenvalue weighted by atomic mass is 16.5. The van der Waals surface area contributed by atoms with Crippen LogP contribution in [0.1, 0.15) is 484 Å². The Hall–Kier alpha value is -3.54. The molecule has 0 aromatic heterocycles. The Bertz CT molecular complexity index is 2460. The van der Waals surface area contributed by atoms with Crippen LogP contribution in [0.4, 0.5) is 0 Å². The van der Waals surface area contributed by atoms with Crippen molar-refractivity contribution < 1.29 is 28.8 Å². The van der Waals surface area contributed by atoms with Crippen molar-refractivity contribution in [1.82, 2.24) is 0 Å². The van der Waals surface area contributed by atoms with Gasteiger partial charge in [0.25, 0.3) is 0 Å². The lowest BCUT2D eigenvalue weighted by Gasteiger charge is -2.20. The monoisotopic (exact) mass is 1450 g/mol. The second-order valence-corrected chi connectivity index (χ2v) is 32.8. The van der Waals surface area contributed by atoms with Gasteiger partial charge in [-0.25, -0.2) is 0 Å². The van der Waals surface area contributed by atoms with Gasteiger partial charge in [0.15, 0.2) is 34.5 Å². The molecule has 4 aromatic carbocycles. The summed E-state index contributed by atoms with van der Waals surface area (Å²) in [6, 6.07) is 13.2. The maximum Gasteiger partial charge on any atom is 0.161 e. The Kier molecular flexibility index (Phi) is 61.3. The number of phenols is 1. The van der Waals surface area contributed by atoms with Crippen molar-refractivity contribution in [2.45, 2.75) is 484 Å². The first kappa shape index (κ1) is 92.8. The van der Waals surface area contributed by atoms with Gasteiger partial charge in [-0.15, -0.1) is 0 Å². The fourth-order valence-electron chi connectivity index (χ4n) is 16.0. The smallest absolute Gasteiger partial charge is 0.161 e. The number of phenolic OH excluding ortho intramolecular Hbond substituents is 1. The maximum atomic E-state index is 12.1. The third kappa shape index (κ3) is 46.7. The predicted molar refractivity (Wildman–Crippen MR) is 460 cm³/mol. The summed E-state index contributed by atoms with van der Waals surface area (Å²) in [6.45, 7) is 14.8. The molecule has 4 aromatic rings. The van der Waals surface area contributed by atoms with Crippen LogP contribution in [0, 0.1) is 0 Å². The molecule has 0 spiro atoms. The van der Waals surface area contributed by atoms with E-state index in [9.17, 15) is 5.11 Å². The summed E-state index contributed by atoms with van der Waals surface area (Å²) in [6.07, 6.45) is 93.2. The molecule has 0 heterocycles. The Balaban J connectivity index is 1.58. The van der Waals surface area contributed by atoms with Crippen LogP contribution in [0.3, 0.4) is 0 Å². The van der Waals surface area contributed by atoms with E-state index < -0.39 is 0 Å². The number of unbranched alkanes of at least 4 members (excludes halogenated alkanes) is 65. The van der Waals surface area contributed by atoms with Crippen molar-refractivity contribution in [3.8, 4) is 34.5 Å². The summed E-state index contributed by atoms with van der Waals surface area (Å²) in [7, 11) is 0. The van der Waals surface area contributed by atoms with Crippen LogP contribution in [0.25, 0.3) is 32.3 Å². The zero-order valence-corrected chi connectivity index (χ0v) is 70.0. The number of fused-ring (bicyclic) bond motifs is 6. The van der Waals surface area contributed by atoms with Crippen LogP contribution in [-0.4, -0.2) is 38.1 Å². The van der Waals surface area contributed by atoms with Gasteiger partial charge in [-0.2, -0.15) is 0 Å². The number of aromatic hydroxyl groups is 1. The molecule has 0 bridgehead atoms. The molecular formula is C98H172O6. The predicted octanol–water partition coefficient (Wildman–Crippen LogP) is 34.2.